The Morgan fingerprint density at radius 3 is 2.76 bits per heavy atom. The van der Waals surface area contributed by atoms with Gasteiger partial charge in [0.25, 0.3) is 0 Å². The third kappa shape index (κ3) is 3.55. The van der Waals surface area contributed by atoms with Crippen molar-refractivity contribution in [2.45, 2.75) is 19.9 Å². The van der Waals surface area contributed by atoms with Gasteiger partial charge in [0, 0.05) is 13.1 Å². The number of piperidine rings is 1. The van der Waals surface area contributed by atoms with E-state index in [9.17, 15) is 0 Å². The van der Waals surface area contributed by atoms with Crippen LogP contribution in [-0.4, -0.2) is 31.6 Å². The fourth-order valence-corrected chi connectivity index (χ4v) is 2.74. The molecule has 2 atom stereocenters. The molecule has 2 nitrogen and oxygen atoms in total. The molecule has 0 amide bonds. The lowest BCUT2D eigenvalue weighted by molar-refractivity contribution is 0.122. The molecule has 1 N–H and O–H groups in total. The Kier molecular flexibility index (Phi) is 4.57. The van der Waals surface area contributed by atoms with Gasteiger partial charge in [0.05, 0.1) is 0 Å². The molecule has 17 heavy (non-hydrogen) atoms. The van der Waals surface area contributed by atoms with E-state index in [4.69, 9.17) is 0 Å². The summed E-state index contributed by atoms with van der Waals surface area (Å²) in [4.78, 5) is 2.59. The monoisotopic (exact) mass is 232 g/mol. The molecule has 1 unspecified atom stereocenters. The lowest BCUT2D eigenvalue weighted by atomic mass is 9.87. The van der Waals surface area contributed by atoms with Crippen LogP contribution in [0.2, 0.25) is 0 Å². The summed E-state index contributed by atoms with van der Waals surface area (Å²) in [6.07, 6.45) is 1.33. The maximum absolute atomic E-state index is 3.33. The molecule has 0 aromatic heterocycles. The summed E-state index contributed by atoms with van der Waals surface area (Å²) >= 11 is 0. The number of rotatable bonds is 4. The standard InChI is InChI=1S/C15H24N2/c1-13-8-9-17(12-15(13)10-16-2)11-14-6-4-3-5-7-14/h3-7,13,15-16H,8-12H2,1-2H3/t13-,15?/m1/s1. The minimum absolute atomic E-state index is 0.803. The molecule has 0 saturated carbocycles. The van der Waals surface area contributed by atoms with Crippen molar-refractivity contribution in [3.8, 4) is 0 Å². The minimum atomic E-state index is 0.803. The van der Waals surface area contributed by atoms with E-state index in [-0.39, 0.29) is 0 Å². The molecule has 1 aromatic carbocycles. The third-order valence-electron chi connectivity index (χ3n) is 3.91. The molecular formula is C15H24N2. The molecule has 1 aromatic rings. The zero-order chi connectivity index (χ0) is 12.1. The zero-order valence-corrected chi connectivity index (χ0v) is 11.0. The number of benzene rings is 1. The van der Waals surface area contributed by atoms with Crippen LogP contribution in [0, 0.1) is 11.8 Å². The summed E-state index contributed by atoms with van der Waals surface area (Å²) in [5.41, 5.74) is 1.44. The highest BCUT2D eigenvalue weighted by Gasteiger charge is 2.25. The number of nitrogens with zero attached hydrogens (tertiary/aromatic N) is 1. The van der Waals surface area contributed by atoms with Crippen molar-refractivity contribution in [1.29, 1.82) is 0 Å². The second-order valence-electron chi connectivity index (χ2n) is 5.30. The van der Waals surface area contributed by atoms with E-state index in [1.165, 1.54) is 25.1 Å². The molecule has 2 heteroatoms. The summed E-state index contributed by atoms with van der Waals surface area (Å²) in [6, 6.07) is 10.8. The first-order chi connectivity index (χ1) is 8.29. The molecule has 0 spiro atoms. The van der Waals surface area contributed by atoms with Crippen LogP contribution in [0.15, 0.2) is 30.3 Å². The van der Waals surface area contributed by atoms with Gasteiger partial charge < -0.3 is 5.32 Å². The predicted molar refractivity (Wildman–Crippen MR) is 72.9 cm³/mol. The topological polar surface area (TPSA) is 15.3 Å². The van der Waals surface area contributed by atoms with Gasteiger partial charge in [-0.2, -0.15) is 0 Å². The van der Waals surface area contributed by atoms with E-state index in [0.717, 1.165) is 24.9 Å². The summed E-state index contributed by atoms with van der Waals surface area (Å²) in [5.74, 6) is 1.66. The molecule has 1 saturated heterocycles. The quantitative estimate of drug-likeness (QED) is 0.857. The second kappa shape index (κ2) is 6.18. The van der Waals surface area contributed by atoms with Crippen molar-refractivity contribution in [2.75, 3.05) is 26.7 Å². The average molecular weight is 232 g/mol. The van der Waals surface area contributed by atoms with Crippen LogP contribution in [0.1, 0.15) is 18.9 Å². The molecule has 0 radical (unpaired) electrons. The van der Waals surface area contributed by atoms with Gasteiger partial charge in [-0.1, -0.05) is 37.3 Å². The van der Waals surface area contributed by atoms with Crippen LogP contribution in [-0.2, 0) is 6.54 Å². The molecule has 1 fully saturated rings. The number of likely N-dealkylation sites (tertiary alicyclic amines) is 1. The van der Waals surface area contributed by atoms with Crippen molar-refractivity contribution >= 4 is 0 Å². The smallest absolute Gasteiger partial charge is 0.0233 e. The van der Waals surface area contributed by atoms with Crippen LogP contribution >= 0.6 is 0 Å². The van der Waals surface area contributed by atoms with E-state index in [0.29, 0.717) is 0 Å². The minimum Gasteiger partial charge on any atom is -0.319 e. The van der Waals surface area contributed by atoms with Crippen molar-refractivity contribution in [3.05, 3.63) is 35.9 Å². The summed E-state index contributed by atoms with van der Waals surface area (Å²) in [5, 5.41) is 3.33. The Morgan fingerprint density at radius 1 is 1.29 bits per heavy atom. The van der Waals surface area contributed by atoms with Gasteiger partial charge in [-0.05, 0) is 44.0 Å². The first-order valence-electron chi connectivity index (χ1n) is 6.70. The van der Waals surface area contributed by atoms with Gasteiger partial charge in [0.1, 0.15) is 0 Å². The van der Waals surface area contributed by atoms with E-state index < -0.39 is 0 Å². The van der Waals surface area contributed by atoms with Gasteiger partial charge in [-0.15, -0.1) is 0 Å². The van der Waals surface area contributed by atoms with Crippen molar-refractivity contribution in [3.63, 3.8) is 0 Å². The summed E-state index contributed by atoms with van der Waals surface area (Å²) in [6.45, 7) is 7.12. The number of nitrogens with one attached hydrogen (secondary N) is 1. The summed E-state index contributed by atoms with van der Waals surface area (Å²) in [7, 11) is 2.06. The molecule has 94 valence electrons. The summed E-state index contributed by atoms with van der Waals surface area (Å²) < 4.78 is 0. The highest BCUT2D eigenvalue weighted by molar-refractivity contribution is 5.14. The number of hydrogen-bond acceptors (Lipinski definition) is 2. The fourth-order valence-electron chi connectivity index (χ4n) is 2.74. The molecule has 1 aliphatic heterocycles. The average Bonchev–Trinajstić information content (AvgIpc) is 2.35. The van der Waals surface area contributed by atoms with Crippen LogP contribution in [0.5, 0.6) is 0 Å². The van der Waals surface area contributed by atoms with E-state index in [1.807, 2.05) is 0 Å². The van der Waals surface area contributed by atoms with Gasteiger partial charge >= 0.3 is 0 Å². The van der Waals surface area contributed by atoms with E-state index in [1.54, 1.807) is 0 Å². The van der Waals surface area contributed by atoms with Crippen LogP contribution in [0.4, 0.5) is 0 Å². The maximum atomic E-state index is 3.33. The zero-order valence-electron chi connectivity index (χ0n) is 11.0. The molecular weight excluding hydrogens is 208 g/mol. The number of hydrogen-bond donors (Lipinski definition) is 1. The van der Waals surface area contributed by atoms with E-state index in [2.05, 4.69) is 54.5 Å². The highest BCUT2D eigenvalue weighted by Crippen LogP contribution is 2.23. The van der Waals surface area contributed by atoms with Gasteiger partial charge in [0.15, 0.2) is 0 Å². The lowest BCUT2D eigenvalue weighted by Gasteiger charge is -2.37. The van der Waals surface area contributed by atoms with Gasteiger partial charge in [-0.3, -0.25) is 4.90 Å². The van der Waals surface area contributed by atoms with Crippen molar-refractivity contribution < 1.29 is 0 Å². The molecule has 1 heterocycles. The fraction of sp³-hybridized carbons (Fsp3) is 0.600. The van der Waals surface area contributed by atoms with Crippen molar-refractivity contribution in [1.82, 2.24) is 10.2 Å². The highest BCUT2D eigenvalue weighted by atomic mass is 15.1. The normalized spacial score (nSPS) is 26.0. The molecule has 1 aliphatic rings. The third-order valence-corrected chi connectivity index (χ3v) is 3.91. The first kappa shape index (κ1) is 12.6. The lowest BCUT2D eigenvalue weighted by Crippen LogP contribution is -2.42. The Morgan fingerprint density at radius 2 is 2.06 bits per heavy atom. The van der Waals surface area contributed by atoms with Gasteiger partial charge in [-0.25, -0.2) is 0 Å². The maximum Gasteiger partial charge on any atom is 0.0233 e. The van der Waals surface area contributed by atoms with Gasteiger partial charge in [0.2, 0.25) is 0 Å². The largest absolute Gasteiger partial charge is 0.319 e. The van der Waals surface area contributed by atoms with Crippen molar-refractivity contribution in [2.24, 2.45) is 11.8 Å². The van der Waals surface area contributed by atoms with Crippen LogP contribution in [0.3, 0.4) is 0 Å². The first-order valence-corrected chi connectivity index (χ1v) is 6.70. The second-order valence-corrected chi connectivity index (χ2v) is 5.30. The molecule has 2 rings (SSSR count). The predicted octanol–water partition coefficient (Wildman–Crippen LogP) is 2.36. The Balaban J connectivity index is 1.90. The Bertz CT molecular complexity index is 323. The van der Waals surface area contributed by atoms with E-state index >= 15 is 0 Å². The van der Waals surface area contributed by atoms with Crippen LogP contribution in [0.25, 0.3) is 0 Å². The Labute approximate surface area is 105 Å². The molecule has 0 bridgehead atoms. The Hall–Kier alpha value is -0.860. The SMILES string of the molecule is CNCC1CN(Cc2ccccc2)CC[C@H]1C. The molecule has 0 aliphatic carbocycles. The van der Waals surface area contributed by atoms with Crippen LogP contribution < -0.4 is 5.32 Å².